The number of nitro groups is 1. The van der Waals surface area contributed by atoms with Crippen molar-refractivity contribution in [2.24, 2.45) is 0 Å². The molecule has 0 saturated carbocycles. The summed E-state index contributed by atoms with van der Waals surface area (Å²) < 4.78 is 32.9. The maximum atomic E-state index is 12.8. The molecule has 0 amide bonds. The first-order valence-corrected chi connectivity index (χ1v) is 9.83. The van der Waals surface area contributed by atoms with Crippen molar-refractivity contribution in [3.63, 3.8) is 0 Å². The number of carbonyl (C=O) groups is 1. The minimum Gasteiger partial charge on any atom is -0.463 e. The summed E-state index contributed by atoms with van der Waals surface area (Å²) in [6.07, 6.45) is 0. The maximum absolute atomic E-state index is 12.8. The van der Waals surface area contributed by atoms with Gasteiger partial charge in [0.1, 0.15) is 0 Å². The third-order valence-electron chi connectivity index (χ3n) is 3.93. The molecule has 0 bridgehead atoms. The van der Waals surface area contributed by atoms with Gasteiger partial charge < -0.3 is 4.74 Å². The number of non-ortho nitro benzene ring substituents is 1. The van der Waals surface area contributed by atoms with Gasteiger partial charge in [0.05, 0.1) is 28.0 Å². The first-order valence-electron chi connectivity index (χ1n) is 8.35. The largest absolute Gasteiger partial charge is 0.463 e. The standard InChI is InChI=1S/C19H20N2O6S/c1-4-27-19(22)14(3)18(15-7-9-16(10-8-15)21(23)24)20-28(25,26)17-11-5-13(2)6-12-17/h5-12,18,20H,3-4H2,1-2H3. The molecule has 0 fully saturated rings. The molecule has 2 rings (SSSR count). The van der Waals surface area contributed by atoms with Crippen molar-refractivity contribution in [2.45, 2.75) is 24.8 Å². The Labute approximate surface area is 163 Å². The van der Waals surface area contributed by atoms with Gasteiger partial charge in [0.2, 0.25) is 10.0 Å². The van der Waals surface area contributed by atoms with Crippen LogP contribution in [0, 0.1) is 17.0 Å². The minimum atomic E-state index is -4.00. The van der Waals surface area contributed by atoms with Gasteiger partial charge in [0.25, 0.3) is 5.69 Å². The number of nitro benzene ring substituents is 1. The van der Waals surface area contributed by atoms with E-state index in [1.165, 1.54) is 36.4 Å². The van der Waals surface area contributed by atoms with Crippen LogP contribution in [0.15, 0.2) is 65.6 Å². The van der Waals surface area contributed by atoms with Crippen LogP contribution >= 0.6 is 0 Å². The van der Waals surface area contributed by atoms with Crippen LogP contribution in [0.1, 0.15) is 24.1 Å². The molecule has 0 aliphatic rings. The highest BCUT2D eigenvalue weighted by atomic mass is 32.2. The number of sulfonamides is 1. The van der Waals surface area contributed by atoms with Crippen LogP contribution in [0.2, 0.25) is 0 Å². The molecule has 28 heavy (non-hydrogen) atoms. The summed E-state index contributed by atoms with van der Waals surface area (Å²) in [5, 5.41) is 10.9. The predicted octanol–water partition coefficient (Wildman–Crippen LogP) is 3.04. The lowest BCUT2D eigenvalue weighted by molar-refractivity contribution is -0.384. The van der Waals surface area contributed by atoms with Gasteiger partial charge in [0, 0.05) is 12.1 Å². The van der Waals surface area contributed by atoms with Crippen molar-refractivity contribution in [3.8, 4) is 0 Å². The van der Waals surface area contributed by atoms with E-state index in [0.29, 0.717) is 5.56 Å². The highest BCUT2D eigenvalue weighted by molar-refractivity contribution is 7.89. The Kier molecular flexibility index (Phi) is 6.66. The van der Waals surface area contributed by atoms with Crippen molar-refractivity contribution in [2.75, 3.05) is 6.61 Å². The van der Waals surface area contributed by atoms with Crippen LogP contribution in [-0.4, -0.2) is 25.9 Å². The molecule has 0 aromatic heterocycles. The highest BCUT2D eigenvalue weighted by Gasteiger charge is 2.28. The van der Waals surface area contributed by atoms with Gasteiger partial charge in [-0.1, -0.05) is 36.4 Å². The fraction of sp³-hybridized carbons (Fsp3) is 0.211. The SMILES string of the molecule is C=C(C(=O)OCC)C(NS(=O)(=O)c1ccc(C)cc1)c1ccc([N+](=O)[O-])cc1. The summed E-state index contributed by atoms with van der Waals surface area (Å²) in [4.78, 5) is 22.4. The lowest BCUT2D eigenvalue weighted by atomic mass is 10.0. The second kappa shape index (κ2) is 8.77. The maximum Gasteiger partial charge on any atom is 0.335 e. The minimum absolute atomic E-state index is 0.0154. The first-order chi connectivity index (χ1) is 13.2. The highest BCUT2D eigenvalue weighted by Crippen LogP contribution is 2.26. The number of rotatable bonds is 8. The number of aryl methyl sites for hydroxylation is 1. The Morgan fingerprint density at radius 3 is 2.25 bits per heavy atom. The van der Waals surface area contributed by atoms with E-state index in [9.17, 15) is 23.3 Å². The zero-order valence-corrected chi connectivity index (χ0v) is 16.2. The fourth-order valence-electron chi connectivity index (χ4n) is 2.41. The van der Waals surface area contributed by atoms with Crippen LogP contribution in [0.3, 0.4) is 0 Å². The van der Waals surface area contributed by atoms with Gasteiger partial charge >= 0.3 is 5.97 Å². The van der Waals surface area contributed by atoms with Crippen LogP contribution in [0.25, 0.3) is 0 Å². The molecular formula is C19H20N2O6S. The topological polar surface area (TPSA) is 116 Å². The Morgan fingerprint density at radius 2 is 1.75 bits per heavy atom. The summed E-state index contributed by atoms with van der Waals surface area (Å²) in [6.45, 7) is 7.20. The third-order valence-corrected chi connectivity index (χ3v) is 5.37. The molecule has 0 radical (unpaired) electrons. The number of carbonyl (C=O) groups excluding carboxylic acids is 1. The Morgan fingerprint density at radius 1 is 1.18 bits per heavy atom. The monoisotopic (exact) mass is 404 g/mol. The van der Waals surface area contributed by atoms with E-state index in [1.807, 2.05) is 6.92 Å². The van der Waals surface area contributed by atoms with Gasteiger partial charge in [-0.3, -0.25) is 10.1 Å². The zero-order chi connectivity index (χ0) is 20.9. The summed E-state index contributed by atoms with van der Waals surface area (Å²) in [6, 6.07) is 10.2. The molecule has 9 heteroatoms. The van der Waals surface area contributed by atoms with Gasteiger partial charge in [-0.15, -0.1) is 0 Å². The van der Waals surface area contributed by atoms with Gasteiger partial charge in [-0.2, -0.15) is 4.72 Å². The quantitative estimate of drug-likeness (QED) is 0.313. The number of ether oxygens (including phenoxy) is 1. The number of hydrogen-bond donors (Lipinski definition) is 1. The fourth-order valence-corrected chi connectivity index (χ4v) is 3.63. The molecule has 0 saturated heterocycles. The van der Waals surface area contributed by atoms with E-state index >= 15 is 0 Å². The normalized spacial score (nSPS) is 12.2. The first kappa shape index (κ1) is 21.3. The summed E-state index contributed by atoms with van der Waals surface area (Å²) in [5.74, 6) is -0.766. The van der Waals surface area contributed by atoms with Crippen molar-refractivity contribution >= 4 is 21.7 Å². The van der Waals surface area contributed by atoms with Crippen molar-refractivity contribution in [3.05, 3.63) is 81.9 Å². The van der Waals surface area contributed by atoms with E-state index in [-0.39, 0.29) is 22.8 Å². The number of nitrogens with one attached hydrogen (secondary N) is 1. The molecule has 1 N–H and O–H groups in total. The molecule has 2 aromatic carbocycles. The van der Waals surface area contributed by atoms with Crippen molar-refractivity contribution in [1.82, 2.24) is 4.72 Å². The summed E-state index contributed by atoms with van der Waals surface area (Å²) in [5.41, 5.74) is 0.915. The Hall–Kier alpha value is -3.04. The second-order valence-corrected chi connectivity index (χ2v) is 7.68. The Balaban J connectivity index is 2.42. The molecule has 8 nitrogen and oxygen atoms in total. The second-order valence-electron chi connectivity index (χ2n) is 5.96. The molecule has 1 unspecified atom stereocenters. The van der Waals surface area contributed by atoms with E-state index < -0.39 is 27.0 Å². The molecule has 148 valence electrons. The van der Waals surface area contributed by atoms with E-state index in [1.54, 1.807) is 19.1 Å². The molecule has 1 atom stereocenters. The lowest BCUT2D eigenvalue weighted by Gasteiger charge is -2.20. The molecule has 0 aliphatic carbocycles. The lowest BCUT2D eigenvalue weighted by Crippen LogP contribution is -2.32. The Bertz CT molecular complexity index is 982. The van der Waals surface area contributed by atoms with Crippen LogP contribution < -0.4 is 4.72 Å². The smallest absolute Gasteiger partial charge is 0.335 e. The molecule has 2 aromatic rings. The summed E-state index contributed by atoms with van der Waals surface area (Å²) in [7, 11) is -4.00. The average Bonchev–Trinajstić information content (AvgIpc) is 2.66. The molecule has 0 spiro atoms. The van der Waals surface area contributed by atoms with E-state index in [2.05, 4.69) is 11.3 Å². The number of esters is 1. The van der Waals surface area contributed by atoms with E-state index in [4.69, 9.17) is 4.74 Å². The van der Waals surface area contributed by atoms with Crippen LogP contribution in [0.5, 0.6) is 0 Å². The molecule has 0 heterocycles. The number of hydrogen-bond acceptors (Lipinski definition) is 6. The van der Waals surface area contributed by atoms with E-state index in [0.717, 1.165) is 5.56 Å². The van der Waals surface area contributed by atoms with Crippen LogP contribution in [-0.2, 0) is 19.6 Å². The third kappa shape index (κ3) is 5.02. The van der Waals surface area contributed by atoms with Gasteiger partial charge in [-0.25, -0.2) is 13.2 Å². The van der Waals surface area contributed by atoms with Gasteiger partial charge in [-0.05, 0) is 31.5 Å². The zero-order valence-electron chi connectivity index (χ0n) is 15.4. The van der Waals surface area contributed by atoms with Crippen LogP contribution in [0.4, 0.5) is 5.69 Å². The predicted molar refractivity (Wildman–Crippen MR) is 103 cm³/mol. The summed E-state index contributed by atoms with van der Waals surface area (Å²) >= 11 is 0. The van der Waals surface area contributed by atoms with Crippen molar-refractivity contribution < 1.29 is 22.9 Å². The number of nitrogens with zero attached hydrogens (tertiary/aromatic N) is 1. The van der Waals surface area contributed by atoms with Gasteiger partial charge in [0.15, 0.2) is 0 Å². The molecular weight excluding hydrogens is 384 g/mol. The number of benzene rings is 2. The average molecular weight is 404 g/mol. The van der Waals surface area contributed by atoms with Crippen molar-refractivity contribution in [1.29, 1.82) is 0 Å². The molecule has 0 aliphatic heterocycles.